The third-order valence-corrected chi connectivity index (χ3v) is 3.75. The van der Waals surface area contributed by atoms with Crippen molar-refractivity contribution in [3.63, 3.8) is 0 Å². The molecular formula is C18H27N5O2. The molecule has 0 bridgehead atoms. The van der Waals surface area contributed by atoms with Crippen molar-refractivity contribution in [3.05, 3.63) is 42.7 Å². The van der Waals surface area contributed by atoms with Crippen molar-refractivity contribution in [2.24, 2.45) is 0 Å². The zero-order chi connectivity index (χ0) is 18.1. The van der Waals surface area contributed by atoms with Crippen molar-refractivity contribution in [1.82, 2.24) is 19.6 Å². The highest BCUT2D eigenvalue weighted by Gasteiger charge is 2.13. The second-order valence-electron chi connectivity index (χ2n) is 6.07. The van der Waals surface area contributed by atoms with Gasteiger partial charge in [-0.25, -0.2) is 9.48 Å². The van der Waals surface area contributed by atoms with E-state index in [0.29, 0.717) is 19.7 Å². The van der Waals surface area contributed by atoms with Gasteiger partial charge in [0.1, 0.15) is 0 Å². The lowest BCUT2D eigenvalue weighted by Crippen LogP contribution is -2.38. The van der Waals surface area contributed by atoms with Gasteiger partial charge in [0.05, 0.1) is 12.3 Å². The average Bonchev–Trinajstić information content (AvgIpc) is 3.12. The average molecular weight is 345 g/mol. The molecule has 136 valence electrons. The summed E-state index contributed by atoms with van der Waals surface area (Å²) in [5, 5.41) is 7.18. The van der Waals surface area contributed by atoms with Crippen molar-refractivity contribution >= 4 is 11.7 Å². The quantitative estimate of drug-likeness (QED) is 0.757. The SMILES string of the molecule is COCCN(CCCN(C)C)C(=O)Nc1cccc(-n2cccn2)c1. The van der Waals surface area contributed by atoms with Gasteiger partial charge in [-0.05, 0) is 51.3 Å². The molecule has 0 saturated carbocycles. The van der Waals surface area contributed by atoms with E-state index >= 15 is 0 Å². The fraction of sp³-hybridized carbons (Fsp3) is 0.444. The topological polar surface area (TPSA) is 62.6 Å². The van der Waals surface area contributed by atoms with Crippen LogP contribution in [0.25, 0.3) is 5.69 Å². The Balaban J connectivity index is 2.00. The van der Waals surface area contributed by atoms with Gasteiger partial charge in [0, 0.05) is 38.3 Å². The normalized spacial score (nSPS) is 10.9. The van der Waals surface area contributed by atoms with Crippen molar-refractivity contribution in [1.29, 1.82) is 0 Å². The minimum Gasteiger partial charge on any atom is -0.383 e. The first kappa shape index (κ1) is 19.0. The largest absolute Gasteiger partial charge is 0.383 e. The fourth-order valence-electron chi connectivity index (χ4n) is 2.44. The van der Waals surface area contributed by atoms with Crippen LogP contribution in [-0.4, -0.2) is 73.1 Å². The highest BCUT2D eigenvalue weighted by molar-refractivity contribution is 5.89. The van der Waals surface area contributed by atoms with E-state index in [1.807, 2.05) is 50.6 Å². The molecule has 1 aromatic carbocycles. The summed E-state index contributed by atoms with van der Waals surface area (Å²) < 4.78 is 6.88. The van der Waals surface area contributed by atoms with Crippen LogP contribution in [0.5, 0.6) is 0 Å². The highest BCUT2D eigenvalue weighted by atomic mass is 16.5. The molecule has 0 aliphatic carbocycles. The molecule has 7 nitrogen and oxygen atoms in total. The highest BCUT2D eigenvalue weighted by Crippen LogP contribution is 2.14. The Morgan fingerprint density at radius 2 is 2.08 bits per heavy atom. The third-order valence-electron chi connectivity index (χ3n) is 3.75. The maximum absolute atomic E-state index is 12.6. The lowest BCUT2D eigenvalue weighted by Gasteiger charge is -2.23. The molecular weight excluding hydrogens is 318 g/mol. The summed E-state index contributed by atoms with van der Waals surface area (Å²) in [5.74, 6) is 0. The Labute approximate surface area is 149 Å². The number of anilines is 1. The summed E-state index contributed by atoms with van der Waals surface area (Å²) in [6.45, 7) is 2.70. The van der Waals surface area contributed by atoms with Crippen LogP contribution >= 0.6 is 0 Å². The monoisotopic (exact) mass is 345 g/mol. The number of methoxy groups -OCH3 is 1. The van der Waals surface area contributed by atoms with Crippen LogP contribution in [0.4, 0.5) is 10.5 Å². The summed E-state index contributed by atoms with van der Waals surface area (Å²) in [7, 11) is 5.70. The zero-order valence-electron chi connectivity index (χ0n) is 15.2. The number of ether oxygens (including phenoxy) is 1. The number of hydrogen-bond acceptors (Lipinski definition) is 4. The molecule has 0 radical (unpaired) electrons. The number of carbonyl (C=O) groups excluding carboxylic acids is 1. The zero-order valence-corrected chi connectivity index (χ0v) is 15.2. The molecule has 0 spiro atoms. The van der Waals surface area contributed by atoms with Crippen LogP contribution in [0.15, 0.2) is 42.7 Å². The Morgan fingerprint density at radius 3 is 2.76 bits per heavy atom. The molecule has 7 heteroatoms. The Hall–Kier alpha value is -2.38. The summed E-state index contributed by atoms with van der Waals surface area (Å²) in [4.78, 5) is 16.5. The first-order valence-corrected chi connectivity index (χ1v) is 8.40. The van der Waals surface area contributed by atoms with E-state index in [1.165, 1.54) is 0 Å². The van der Waals surface area contributed by atoms with Gasteiger partial charge in [0.25, 0.3) is 0 Å². The molecule has 1 heterocycles. The minimum atomic E-state index is -0.117. The van der Waals surface area contributed by atoms with Crippen molar-refractivity contribution < 1.29 is 9.53 Å². The van der Waals surface area contributed by atoms with Crippen molar-refractivity contribution in [3.8, 4) is 5.69 Å². The molecule has 0 aliphatic rings. The van der Waals surface area contributed by atoms with Crippen LogP contribution in [0.1, 0.15) is 6.42 Å². The molecule has 1 N–H and O–H groups in total. The predicted octanol–water partition coefficient (Wildman–Crippen LogP) is 2.30. The van der Waals surface area contributed by atoms with E-state index in [-0.39, 0.29) is 6.03 Å². The van der Waals surface area contributed by atoms with Gasteiger partial charge in [0.15, 0.2) is 0 Å². The van der Waals surface area contributed by atoms with E-state index in [0.717, 1.165) is 24.3 Å². The Morgan fingerprint density at radius 1 is 1.24 bits per heavy atom. The lowest BCUT2D eigenvalue weighted by molar-refractivity contribution is 0.153. The first-order valence-electron chi connectivity index (χ1n) is 8.40. The number of amides is 2. The summed E-state index contributed by atoms with van der Waals surface area (Å²) >= 11 is 0. The Kier molecular flexibility index (Phi) is 7.43. The molecule has 25 heavy (non-hydrogen) atoms. The van der Waals surface area contributed by atoms with Crippen LogP contribution in [-0.2, 0) is 4.74 Å². The lowest BCUT2D eigenvalue weighted by atomic mass is 10.3. The summed E-state index contributed by atoms with van der Waals surface area (Å²) in [6, 6.07) is 9.37. The second-order valence-corrected chi connectivity index (χ2v) is 6.07. The number of carbonyl (C=O) groups is 1. The number of aromatic nitrogens is 2. The fourth-order valence-corrected chi connectivity index (χ4v) is 2.44. The van der Waals surface area contributed by atoms with E-state index < -0.39 is 0 Å². The number of nitrogens with zero attached hydrogens (tertiary/aromatic N) is 4. The minimum absolute atomic E-state index is 0.117. The van der Waals surface area contributed by atoms with Crippen LogP contribution in [0.2, 0.25) is 0 Å². The summed E-state index contributed by atoms with van der Waals surface area (Å²) in [5.41, 5.74) is 1.65. The van der Waals surface area contributed by atoms with Gasteiger partial charge < -0.3 is 19.9 Å². The van der Waals surface area contributed by atoms with E-state index in [2.05, 4.69) is 15.3 Å². The standard InChI is InChI=1S/C18H27N5O2/c1-21(2)10-6-11-22(13-14-25-3)18(24)20-16-7-4-8-17(15-16)23-12-5-9-19-23/h4-5,7-9,12,15H,6,10-11,13-14H2,1-3H3,(H,20,24). The molecule has 0 unspecified atom stereocenters. The molecule has 1 aromatic heterocycles. The predicted molar refractivity (Wildman–Crippen MR) is 99.2 cm³/mol. The molecule has 2 aromatic rings. The first-order chi connectivity index (χ1) is 12.1. The van der Waals surface area contributed by atoms with Gasteiger partial charge in [-0.15, -0.1) is 0 Å². The van der Waals surface area contributed by atoms with Crippen LogP contribution in [0.3, 0.4) is 0 Å². The maximum Gasteiger partial charge on any atom is 0.321 e. The van der Waals surface area contributed by atoms with Crippen molar-refractivity contribution in [2.45, 2.75) is 6.42 Å². The molecule has 0 atom stereocenters. The number of urea groups is 1. The van der Waals surface area contributed by atoms with E-state index in [1.54, 1.807) is 22.9 Å². The number of hydrogen-bond donors (Lipinski definition) is 1. The maximum atomic E-state index is 12.6. The molecule has 0 fully saturated rings. The smallest absolute Gasteiger partial charge is 0.321 e. The van der Waals surface area contributed by atoms with E-state index in [9.17, 15) is 4.79 Å². The Bertz CT molecular complexity index is 643. The number of nitrogens with one attached hydrogen (secondary N) is 1. The van der Waals surface area contributed by atoms with Gasteiger partial charge in [-0.2, -0.15) is 5.10 Å². The van der Waals surface area contributed by atoms with E-state index in [4.69, 9.17) is 4.74 Å². The van der Waals surface area contributed by atoms with Crippen LogP contribution < -0.4 is 5.32 Å². The van der Waals surface area contributed by atoms with Crippen molar-refractivity contribution in [2.75, 3.05) is 52.8 Å². The van der Waals surface area contributed by atoms with Gasteiger partial charge in [-0.3, -0.25) is 0 Å². The number of benzene rings is 1. The molecule has 0 saturated heterocycles. The molecule has 2 amide bonds. The third kappa shape index (κ3) is 6.21. The molecule has 0 aliphatic heterocycles. The van der Waals surface area contributed by atoms with Gasteiger partial charge in [-0.1, -0.05) is 6.07 Å². The van der Waals surface area contributed by atoms with Gasteiger partial charge in [0.2, 0.25) is 0 Å². The van der Waals surface area contributed by atoms with Crippen LogP contribution in [0, 0.1) is 0 Å². The number of rotatable bonds is 9. The second kappa shape index (κ2) is 9.80. The molecule has 2 rings (SSSR count). The summed E-state index contributed by atoms with van der Waals surface area (Å²) in [6.07, 6.45) is 4.51. The van der Waals surface area contributed by atoms with Gasteiger partial charge >= 0.3 is 6.03 Å².